The van der Waals surface area contributed by atoms with E-state index < -0.39 is 12.6 Å². The number of carbonyl (C=O) groups excluding carboxylic acids is 1. The maximum Gasteiger partial charge on any atom is 0.387 e. The molecule has 0 aliphatic rings. The Morgan fingerprint density at radius 1 is 1.40 bits per heavy atom. The average molecular weight is 283 g/mol. The molecular weight excluding hydrogens is 272 g/mol. The highest BCUT2D eigenvalue weighted by atomic mass is 19.3. The second-order valence-electron chi connectivity index (χ2n) is 3.42. The zero-order chi connectivity index (χ0) is 15.1. The number of alkyl halides is 2. The van der Waals surface area contributed by atoms with E-state index in [2.05, 4.69) is 9.47 Å². The molecule has 0 radical (unpaired) electrons. The summed E-state index contributed by atoms with van der Waals surface area (Å²) >= 11 is 0. The van der Waals surface area contributed by atoms with Crippen molar-refractivity contribution in [2.45, 2.75) is 6.61 Å². The van der Waals surface area contributed by atoms with Gasteiger partial charge in [-0.15, -0.1) is 0 Å². The molecular formula is C13H11F2NO4. The van der Waals surface area contributed by atoms with Crippen LogP contribution in [0.5, 0.6) is 11.5 Å². The maximum absolute atomic E-state index is 12.4. The Labute approximate surface area is 114 Å². The first-order chi connectivity index (χ1) is 9.53. The lowest BCUT2D eigenvalue weighted by atomic mass is 10.1. The van der Waals surface area contributed by atoms with Gasteiger partial charge in [-0.25, -0.2) is 4.79 Å². The fourth-order valence-electron chi connectivity index (χ4n) is 1.42. The Hall–Kier alpha value is -2.62. The third kappa shape index (κ3) is 3.68. The number of nitrogens with zero attached hydrogens (tertiary/aromatic N) is 1. The van der Waals surface area contributed by atoms with Crippen LogP contribution in [0.25, 0.3) is 6.08 Å². The van der Waals surface area contributed by atoms with E-state index >= 15 is 0 Å². The van der Waals surface area contributed by atoms with Crippen molar-refractivity contribution in [1.29, 1.82) is 5.26 Å². The fourth-order valence-corrected chi connectivity index (χ4v) is 1.42. The second-order valence-corrected chi connectivity index (χ2v) is 3.42. The SMILES string of the molecule is COC(=O)/C(C#N)=C/c1cccc(OC)c1OC(F)F. The molecule has 0 aliphatic carbocycles. The van der Waals surface area contributed by atoms with Crippen LogP contribution in [0.15, 0.2) is 23.8 Å². The maximum atomic E-state index is 12.4. The molecule has 7 heteroatoms. The van der Waals surface area contributed by atoms with Gasteiger partial charge in [-0.05, 0) is 12.1 Å². The minimum atomic E-state index is -3.07. The summed E-state index contributed by atoms with van der Waals surface area (Å²) in [7, 11) is 2.39. The molecule has 1 aromatic carbocycles. The summed E-state index contributed by atoms with van der Waals surface area (Å²) in [6, 6.07) is 5.95. The van der Waals surface area contributed by atoms with Crippen LogP contribution < -0.4 is 9.47 Å². The highest BCUT2D eigenvalue weighted by molar-refractivity contribution is 5.98. The van der Waals surface area contributed by atoms with E-state index in [0.29, 0.717) is 0 Å². The molecule has 0 fully saturated rings. The Kier molecular flexibility index (Phi) is 5.47. The molecule has 20 heavy (non-hydrogen) atoms. The van der Waals surface area contributed by atoms with Gasteiger partial charge in [0, 0.05) is 5.56 Å². The van der Waals surface area contributed by atoms with Crippen molar-refractivity contribution in [3.05, 3.63) is 29.3 Å². The van der Waals surface area contributed by atoms with Crippen molar-refractivity contribution in [2.75, 3.05) is 14.2 Å². The standard InChI is InChI=1S/C13H11F2NO4/c1-18-10-5-3-4-8(11(10)20-13(14)15)6-9(7-16)12(17)19-2/h3-6,13H,1-2H3/b9-6+. The monoisotopic (exact) mass is 283 g/mol. The van der Waals surface area contributed by atoms with E-state index in [1.807, 2.05) is 0 Å². The number of halogens is 2. The number of benzene rings is 1. The van der Waals surface area contributed by atoms with Gasteiger partial charge in [0.1, 0.15) is 11.6 Å². The summed E-state index contributed by atoms with van der Waals surface area (Å²) in [4.78, 5) is 11.3. The Morgan fingerprint density at radius 2 is 2.10 bits per heavy atom. The predicted molar refractivity (Wildman–Crippen MR) is 65.2 cm³/mol. The lowest BCUT2D eigenvalue weighted by Gasteiger charge is -2.12. The minimum absolute atomic E-state index is 0.0567. The van der Waals surface area contributed by atoms with Gasteiger partial charge >= 0.3 is 12.6 Å². The summed E-state index contributed by atoms with van der Waals surface area (Å²) in [5, 5.41) is 8.85. The summed E-state index contributed by atoms with van der Waals surface area (Å²) in [6.07, 6.45) is 1.09. The molecule has 1 rings (SSSR count). The molecule has 0 unspecified atom stereocenters. The van der Waals surface area contributed by atoms with Crippen molar-refractivity contribution in [2.24, 2.45) is 0 Å². The first-order valence-corrected chi connectivity index (χ1v) is 5.35. The van der Waals surface area contributed by atoms with Crippen molar-refractivity contribution in [1.82, 2.24) is 0 Å². The van der Waals surface area contributed by atoms with E-state index in [-0.39, 0.29) is 22.6 Å². The van der Waals surface area contributed by atoms with E-state index in [0.717, 1.165) is 13.2 Å². The molecule has 0 saturated carbocycles. The van der Waals surface area contributed by atoms with E-state index in [1.54, 1.807) is 6.07 Å². The Balaban J connectivity index is 3.33. The number of rotatable bonds is 5. The molecule has 0 amide bonds. The molecule has 0 saturated heterocycles. The topological polar surface area (TPSA) is 68.6 Å². The van der Waals surface area contributed by atoms with Gasteiger partial charge in [-0.1, -0.05) is 12.1 Å². The molecule has 0 heterocycles. The number of nitriles is 1. The number of hydrogen-bond donors (Lipinski definition) is 0. The molecule has 5 nitrogen and oxygen atoms in total. The summed E-state index contributed by atoms with van der Waals surface area (Å²) in [5.41, 5.74) is -0.244. The normalized spacial score (nSPS) is 10.9. The highest BCUT2D eigenvalue weighted by Crippen LogP contribution is 2.33. The molecule has 0 N–H and O–H groups in total. The first-order valence-electron chi connectivity index (χ1n) is 5.35. The zero-order valence-electron chi connectivity index (χ0n) is 10.7. The van der Waals surface area contributed by atoms with Crippen LogP contribution in [0.3, 0.4) is 0 Å². The van der Waals surface area contributed by atoms with E-state index in [4.69, 9.17) is 10.00 Å². The number of esters is 1. The van der Waals surface area contributed by atoms with E-state index in [9.17, 15) is 13.6 Å². The minimum Gasteiger partial charge on any atom is -0.493 e. The highest BCUT2D eigenvalue weighted by Gasteiger charge is 2.16. The van der Waals surface area contributed by atoms with Gasteiger partial charge in [0.05, 0.1) is 14.2 Å². The van der Waals surface area contributed by atoms with Gasteiger partial charge in [0.15, 0.2) is 11.5 Å². The Bertz CT molecular complexity index is 564. The zero-order valence-corrected chi connectivity index (χ0v) is 10.7. The van der Waals surface area contributed by atoms with Crippen molar-refractivity contribution >= 4 is 12.0 Å². The molecule has 106 valence electrons. The van der Waals surface area contributed by atoms with Gasteiger partial charge in [0.2, 0.25) is 0 Å². The number of methoxy groups -OCH3 is 2. The Morgan fingerprint density at radius 3 is 2.60 bits per heavy atom. The quantitative estimate of drug-likeness (QED) is 0.471. The first kappa shape index (κ1) is 15.4. The van der Waals surface area contributed by atoms with Crippen molar-refractivity contribution < 1.29 is 27.8 Å². The van der Waals surface area contributed by atoms with Gasteiger partial charge in [0.25, 0.3) is 0 Å². The number of hydrogen-bond acceptors (Lipinski definition) is 5. The molecule has 0 bridgehead atoms. The smallest absolute Gasteiger partial charge is 0.387 e. The average Bonchev–Trinajstić information content (AvgIpc) is 2.44. The van der Waals surface area contributed by atoms with Gasteiger partial charge < -0.3 is 14.2 Å². The largest absolute Gasteiger partial charge is 0.493 e. The van der Waals surface area contributed by atoms with Crippen molar-refractivity contribution in [3.63, 3.8) is 0 Å². The molecule has 1 aromatic rings. The number of ether oxygens (including phenoxy) is 3. The lowest BCUT2D eigenvalue weighted by Crippen LogP contribution is -2.06. The number of carbonyl (C=O) groups is 1. The van der Waals surface area contributed by atoms with Crippen LogP contribution in [0.2, 0.25) is 0 Å². The van der Waals surface area contributed by atoms with Crippen molar-refractivity contribution in [3.8, 4) is 17.6 Å². The molecule has 0 spiro atoms. The van der Waals surface area contributed by atoms with Crippen LogP contribution in [0.4, 0.5) is 8.78 Å². The van der Waals surface area contributed by atoms with Crippen LogP contribution in [-0.2, 0) is 9.53 Å². The second kappa shape index (κ2) is 7.09. The lowest BCUT2D eigenvalue weighted by molar-refractivity contribution is -0.135. The van der Waals surface area contributed by atoms with Gasteiger partial charge in [-0.2, -0.15) is 14.0 Å². The van der Waals surface area contributed by atoms with Crippen LogP contribution in [-0.4, -0.2) is 26.8 Å². The van der Waals surface area contributed by atoms with Crippen LogP contribution in [0, 0.1) is 11.3 Å². The molecule has 0 atom stereocenters. The third-order valence-electron chi connectivity index (χ3n) is 2.26. The van der Waals surface area contributed by atoms with E-state index in [1.165, 1.54) is 25.3 Å². The predicted octanol–water partition coefficient (Wildman–Crippen LogP) is 2.38. The fraction of sp³-hybridized carbons (Fsp3) is 0.231. The third-order valence-corrected chi connectivity index (χ3v) is 2.26. The summed E-state index contributed by atoms with van der Waals surface area (Å²) in [5.74, 6) is -1.08. The van der Waals surface area contributed by atoms with Crippen LogP contribution in [0.1, 0.15) is 5.56 Å². The molecule has 0 aliphatic heterocycles. The summed E-state index contributed by atoms with van der Waals surface area (Å²) in [6.45, 7) is -3.07. The van der Waals surface area contributed by atoms with Crippen LogP contribution >= 0.6 is 0 Å². The molecule has 0 aromatic heterocycles. The van der Waals surface area contributed by atoms with Gasteiger partial charge in [-0.3, -0.25) is 0 Å². The number of para-hydroxylation sites is 1. The summed E-state index contributed by atoms with van der Waals surface area (Å²) < 4.78 is 38.5.